The van der Waals surface area contributed by atoms with E-state index in [9.17, 15) is 18.0 Å². The van der Waals surface area contributed by atoms with Gasteiger partial charge >= 0.3 is 0 Å². The summed E-state index contributed by atoms with van der Waals surface area (Å²) in [5.74, 6) is -0.291. The monoisotopic (exact) mass is 428 g/mol. The summed E-state index contributed by atoms with van der Waals surface area (Å²) >= 11 is 6.08. The van der Waals surface area contributed by atoms with E-state index in [-0.39, 0.29) is 30.4 Å². The van der Waals surface area contributed by atoms with Gasteiger partial charge < -0.3 is 10.2 Å². The Labute approximate surface area is 170 Å². The quantitative estimate of drug-likeness (QED) is 0.673. The van der Waals surface area contributed by atoms with Crippen LogP contribution in [0.25, 0.3) is 0 Å². The Morgan fingerprint density at radius 3 is 2.71 bits per heavy atom. The molecule has 2 aliphatic rings. The fourth-order valence-corrected chi connectivity index (χ4v) is 4.98. The van der Waals surface area contributed by atoms with E-state index in [2.05, 4.69) is 10.0 Å². The highest BCUT2D eigenvalue weighted by molar-refractivity contribution is 7.88. The first kappa shape index (κ1) is 21.0. The molecule has 0 unspecified atom stereocenters. The molecule has 1 aromatic carbocycles. The number of nitrogens with zero attached hydrogens (tertiary/aromatic N) is 2. The Balaban J connectivity index is 1.79. The van der Waals surface area contributed by atoms with E-state index in [0.29, 0.717) is 31.1 Å². The third-order valence-electron chi connectivity index (χ3n) is 5.07. The lowest BCUT2D eigenvalue weighted by molar-refractivity contribution is -0.144. The lowest BCUT2D eigenvalue weighted by atomic mass is 10.0. The lowest BCUT2D eigenvalue weighted by Crippen LogP contribution is -2.62. The molecule has 2 amide bonds. The lowest BCUT2D eigenvalue weighted by Gasteiger charge is -2.42. The fraction of sp³-hybridized carbons (Fsp3) is 0.556. The summed E-state index contributed by atoms with van der Waals surface area (Å²) in [5, 5.41) is 3.36. The molecule has 3 atom stereocenters. The highest BCUT2D eigenvalue weighted by Gasteiger charge is 2.45. The SMILES string of the molecule is CC(=O)NC[C@H]1C(=O)N2C[C@@H](NS(C)(=O)=O)C[C@H]2CN1Cc1cccc(Cl)c1. The van der Waals surface area contributed by atoms with Gasteiger partial charge in [-0.05, 0) is 24.1 Å². The van der Waals surface area contributed by atoms with Crippen LogP contribution in [-0.4, -0.2) is 74.0 Å². The second-order valence-corrected chi connectivity index (χ2v) is 9.70. The average molecular weight is 429 g/mol. The molecule has 3 rings (SSSR count). The van der Waals surface area contributed by atoms with Crippen molar-refractivity contribution >= 4 is 33.4 Å². The molecule has 0 radical (unpaired) electrons. The number of fused-ring (bicyclic) bond motifs is 1. The van der Waals surface area contributed by atoms with Gasteiger partial charge in [-0.3, -0.25) is 14.5 Å². The number of hydrogen-bond donors (Lipinski definition) is 2. The van der Waals surface area contributed by atoms with Crippen molar-refractivity contribution in [1.29, 1.82) is 0 Å². The van der Waals surface area contributed by atoms with Gasteiger partial charge in [0.25, 0.3) is 0 Å². The van der Waals surface area contributed by atoms with Crippen molar-refractivity contribution in [2.75, 3.05) is 25.9 Å². The molecular weight excluding hydrogens is 404 g/mol. The zero-order valence-corrected chi connectivity index (χ0v) is 17.5. The van der Waals surface area contributed by atoms with Crippen molar-refractivity contribution < 1.29 is 18.0 Å². The third-order valence-corrected chi connectivity index (χ3v) is 6.06. The predicted octanol–water partition coefficient (Wildman–Crippen LogP) is 0.179. The Morgan fingerprint density at radius 2 is 2.07 bits per heavy atom. The molecule has 0 spiro atoms. The minimum Gasteiger partial charge on any atom is -0.354 e. The summed E-state index contributed by atoms with van der Waals surface area (Å²) in [7, 11) is -3.34. The van der Waals surface area contributed by atoms with Gasteiger partial charge in [-0.15, -0.1) is 0 Å². The molecule has 1 aromatic rings. The van der Waals surface area contributed by atoms with Crippen molar-refractivity contribution in [1.82, 2.24) is 19.8 Å². The standard InChI is InChI=1S/C18H25ClN4O4S/c1-12(24)20-8-17-18(25)23-10-15(21-28(2,26)27)7-16(23)11-22(17)9-13-4-3-5-14(19)6-13/h3-6,15-17,21H,7-11H2,1-2H3,(H,20,24)/t15-,16-,17-/m0/s1. The van der Waals surface area contributed by atoms with Gasteiger partial charge in [0.2, 0.25) is 21.8 Å². The van der Waals surface area contributed by atoms with Gasteiger partial charge in [-0.25, -0.2) is 13.1 Å². The van der Waals surface area contributed by atoms with Crippen LogP contribution in [0.2, 0.25) is 5.02 Å². The minimum atomic E-state index is -3.34. The molecule has 0 aliphatic carbocycles. The van der Waals surface area contributed by atoms with E-state index in [4.69, 9.17) is 11.6 Å². The number of sulfonamides is 1. The summed E-state index contributed by atoms with van der Waals surface area (Å²) < 4.78 is 25.7. The second-order valence-electron chi connectivity index (χ2n) is 7.48. The molecule has 0 saturated carbocycles. The number of amides is 2. The summed E-state index contributed by atoms with van der Waals surface area (Å²) in [6, 6.07) is 6.59. The van der Waals surface area contributed by atoms with E-state index >= 15 is 0 Å². The number of carbonyl (C=O) groups excluding carboxylic acids is 2. The second kappa shape index (κ2) is 8.36. The van der Waals surface area contributed by atoms with Crippen molar-refractivity contribution in [2.45, 2.75) is 38.0 Å². The van der Waals surface area contributed by atoms with Gasteiger partial charge in [0.15, 0.2) is 0 Å². The van der Waals surface area contributed by atoms with Crippen LogP contribution in [0.3, 0.4) is 0 Å². The van der Waals surface area contributed by atoms with E-state index in [0.717, 1.165) is 11.8 Å². The van der Waals surface area contributed by atoms with Crippen molar-refractivity contribution in [3.63, 3.8) is 0 Å². The minimum absolute atomic E-state index is 0.0699. The molecular formula is C18H25ClN4O4S. The fourth-order valence-electron chi connectivity index (χ4n) is 3.99. The van der Waals surface area contributed by atoms with Gasteiger partial charge in [0.05, 0.1) is 6.26 Å². The van der Waals surface area contributed by atoms with Crippen molar-refractivity contribution in [2.24, 2.45) is 0 Å². The van der Waals surface area contributed by atoms with Crippen LogP contribution >= 0.6 is 11.6 Å². The Kier molecular flexibility index (Phi) is 6.28. The molecule has 2 aliphatic heterocycles. The molecule has 8 nitrogen and oxygen atoms in total. The van der Waals surface area contributed by atoms with Gasteiger partial charge in [-0.1, -0.05) is 23.7 Å². The van der Waals surface area contributed by atoms with Crippen LogP contribution in [0, 0.1) is 0 Å². The number of carbonyl (C=O) groups is 2. The van der Waals surface area contributed by atoms with Gasteiger partial charge in [0, 0.05) is 50.2 Å². The molecule has 28 heavy (non-hydrogen) atoms. The zero-order chi connectivity index (χ0) is 20.5. The van der Waals surface area contributed by atoms with E-state index < -0.39 is 16.1 Å². The van der Waals surface area contributed by atoms with E-state index in [1.165, 1.54) is 6.92 Å². The first-order chi connectivity index (χ1) is 13.1. The third kappa shape index (κ3) is 5.22. The number of benzene rings is 1. The molecule has 2 fully saturated rings. The molecule has 2 N–H and O–H groups in total. The number of hydrogen-bond acceptors (Lipinski definition) is 5. The van der Waals surface area contributed by atoms with Crippen LogP contribution in [0.1, 0.15) is 18.9 Å². The highest BCUT2D eigenvalue weighted by Crippen LogP contribution is 2.28. The first-order valence-corrected chi connectivity index (χ1v) is 11.4. The average Bonchev–Trinajstić information content (AvgIpc) is 2.95. The summed E-state index contributed by atoms with van der Waals surface area (Å²) in [6.45, 7) is 3.09. The first-order valence-electron chi connectivity index (χ1n) is 9.13. The van der Waals surface area contributed by atoms with Crippen LogP contribution in [0.15, 0.2) is 24.3 Å². The maximum atomic E-state index is 13.1. The molecule has 10 heteroatoms. The normalized spacial score (nSPS) is 25.6. The summed E-state index contributed by atoms with van der Waals surface area (Å²) in [4.78, 5) is 28.3. The number of halogens is 1. The van der Waals surface area contributed by atoms with Crippen LogP contribution in [-0.2, 0) is 26.2 Å². The maximum Gasteiger partial charge on any atom is 0.242 e. The largest absolute Gasteiger partial charge is 0.354 e. The smallest absolute Gasteiger partial charge is 0.242 e. The van der Waals surface area contributed by atoms with Crippen LogP contribution in [0.5, 0.6) is 0 Å². The Bertz CT molecular complexity index is 863. The highest BCUT2D eigenvalue weighted by atomic mass is 35.5. The number of piperazine rings is 1. The molecule has 2 saturated heterocycles. The van der Waals surface area contributed by atoms with E-state index in [1.54, 1.807) is 11.0 Å². The summed E-state index contributed by atoms with van der Waals surface area (Å²) in [6.07, 6.45) is 1.69. The van der Waals surface area contributed by atoms with Crippen molar-refractivity contribution in [3.8, 4) is 0 Å². The number of rotatable bonds is 6. The molecule has 2 heterocycles. The van der Waals surface area contributed by atoms with Crippen LogP contribution in [0.4, 0.5) is 0 Å². The zero-order valence-electron chi connectivity index (χ0n) is 15.9. The van der Waals surface area contributed by atoms with E-state index in [1.807, 2.05) is 23.1 Å². The van der Waals surface area contributed by atoms with Gasteiger partial charge in [-0.2, -0.15) is 0 Å². The number of nitrogens with one attached hydrogen (secondary N) is 2. The van der Waals surface area contributed by atoms with Gasteiger partial charge in [0.1, 0.15) is 6.04 Å². The Hall–Kier alpha value is -1.68. The van der Waals surface area contributed by atoms with Crippen LogP contribution < -0.4 is 10.0 Å². The maximum absolute atomic E-state index is 13.1. The molecule has 154 valence electrons. The Morgan fingerprint density at radius 1 is 1.32 bits per heavy atom. The predicted molar refractivity (Wildman–Crippen MR) is 106 cm³/mol. The van der Waals surface area contributed by atoms with Crippen molar-refractivity contribution in [3.05, 3.63) is 34.9 Å². The molecule has 0 bridgehead atoms. The summed E-state index contributed by atoms with van der Waals surface area (Å²) in [5.41, 5.74) is 0.977. The topological polar surface area (TPSA) is 98.8 Å². The molecule has 0 aromatic heterocycles.